The van der Waals surface area contributed by atoms with Crippen LogP contribution in [0.5, 0.6) is 5.75 Å². The third-order valence-electron chi connectivity index (χ3n) is 1.74. The van der Waals surface area contributed by atoms with Gasteiger partial charge in [0, 0.05) is 23.6 Å². The maximum absolute atomic E-state index is 9.48. The molecule has 0 radical (unpaired) electrons. The van der Waals surface area contributed by atoms with Crippen molar-refractivity contribution >= 4 is 18.3 Å². The number of benzene rings is 1. The Balaban J connectivity index is 2.88. The molecule has 0 saturated heterocycles. The highest BCUT2D eigenvalue weighted by Crippen LogP contribution is 2.16. The molecule has 0 unspecified atom stereocenters. The van der Waals surface area contributed by atoms with Crippen LogP contribution in [0.2, 0.25) is 0 Å². The molecule has 3 heteroatoms. The van der Waals surface area contributed by atoms with Crippen LogP contribution in [0.15, 0.2) is 29.3 Å². The summed E-state index contributed by atoms with van der Waals surface area (Å²) in [4.78, 5) is 4.25. The number of para-hydroxylation sites is 1. The molecule has 70 valence electrons. The summed E-state index contributed by atoms with van der Waals surface area (Å²) in [6.07, 6.45) is 0. The van der Waals surface area contributed by atoms with Crippen molar-refractivity contribution in [1.29, 1.82) is 0 Å². The first-order chi connectivity index (χ1) is 6.25. The normalized spacial score (nSPS) is 11.7. The lowest BCUT2D eigenvalue weighted by Gasteiger charge is -2.02. The maximum Gasteiger partial charge on any atom is 0.124 e. The van der Waals surface area contributed by atoms with E-state index in [2.05, 4.69) is 17.6 Å². The van der Waals surface area contributed by atoms with Gasteiger partial charge in [0.25, 0.3) is 0 Å². The van der Waals surface area contributed by atoms with Crippen molar-refractivity contribution in [3.63, 3.8) is 0 Å². The van der Waals surface area contributed by atoms with Gasteiger partial charge in [-0.1, -0.05) is 12.1 Å². The molecule has 0 aliphatic rings. The standard InChI is InChI=1S/C10H13NOS/c1-8(11-6-7-13)9-4-2-3-5-10(9)12/h2-5,12-13H,6-7H2,1H3/b11-8+. The number of thiol groups is 1. The van der Waals surface area contributed by atoms with Gasteiger partial charge in [-0.15, -0.1) is 0 Å². The third kappa shape index (κ3) is 2.77. The van der Waals surface area contributed by atoms with E-state index >= 15 is 0 Å². The highest BCUT2D eigenvalue weighted by molar-refractivity contribution is 7.80. The van der Waals surface area contributed by atoms with Gasteiger partial charge >= 0.3 is 0 Å². The van der Waals surface area contributed by atoms with Gasteiger partial charge in [0.2, 0.25) is 0 Å². The zero-order valence-corrected chi connectivity index (χ0v) is 8.46. The van der Waals surface area contributed by atoms with Crippen molar-refractivity contribution in [3.8, 4) is 5.75 Å². The molecular weight excluding hydrogens is 182 g/mol. The van der Waals surface area contributed by atoms with E-state index in [1.807, 2.05) is 19.1 Å². The maximum atomic E-state index is 9.48. The second-order valence-corrected chi connectivity index (χ2v) is 3.16. The SMILES string of the molecule is C/C(=N\CCS)c1ccccc1O. The van der Waals surface area contributed by atoms with Crippen molar-refractivity contribution < 1.29 is 5.11 Å². The first-order valence-electron chi connectivity index (χ1n) is 4.16. The molecule has 13 heavy (non-hydrogen) atoms. The Morgan fingerprint density at radius 1 is 1.46 bits per heavy atom. The summed E-state index contributed by atoms with van der Waals surface area (Å²) in [5, 5.41) is 9.48. The Morgan fingerprint density at radius 2 is 2.15 bits per heavy atom. The molecule has 0 saturated carbocycles. The monoisotopic (exact) mass is 195 g/mol. The first kappa shape index (κ1) is 10.1. The summed E-state index contributed by atoms with van der Waals surface area (Å²) in [6.45, 7) is 2.57. The average Bonchev–Trinajstić information content (AvgIpc) is 2.15. The number of aromatic hydroxyl groups is 1. The molecule has 0 spiro atoms. The van der Waals surface area contributed by atoms with E-state index in [9.17, 15) is 5.11 Å². The summed E-state index contributed by atoms with van der Waals surface area (Å²) in [6, 6.07) is 7.20. The van der Waals surface area contributed by atoms with Crippen LogP contribution in [0.3, 0.4) is 0 Å². The van der Waals surface area contributed by atoms with Crippen LogP contribution in [0.25, 0.3) is 0 Å². The van der Waals surface area contributed by atoms with Crippen LogP contribution in [-0.2, 0) is 0 Å². The summed E-state index contributed by atoms with van der Waals surface area (Å²) in [7, 11) is 0. The van der Waals surface area contributed by atoms with Crippen LogP contribution in [-0.4, -0.2) is 23.1 Å². The second-order valence-electron chi connectivity index (χ2n) is 2.71. The Labute approximate surface area is 83.7 Å². The molecule has 1 rings (SSSR count). The molecule has 1 aromatic carbocycles. The van der Waals surface area contributed by atoms with Gasteiger partial charge < -0.3 is 5.11 Å². The van der Waals surface area contributed by atoms with Crippen LogP contribution in [0.1, 0.15) is 12.5 Å². The molecule has 0 aliphatic carbocycles. The van der Waals surface area contributed by atoms with Gasteiger partial charge in [-0.2, -0.15) is 12.6 Å². The lowest BCUT2D eigenvalue weighted by molar-refractivity contribution is 0.474. The largest absolute Gasteiger partial charge is 0.507 e. The van der Waals surface area contributed by atoms with E-state index in [1.54, 1.807) is 12.1 Å². The smallest absolute Gasteiger partial charge is 0.124 e. The zero-order chi connectivity index (χ0) is 9.68. The van der Waals surface area contributed by atoms with Crippen LogP contribution < -0.4 is 0 Å². The summed E-state index contributed by atoms with van der Waals surface area (Å²) >= 11 is 4.06. The van der Waals surface area contributed by atoms with E-state index in [4.69, 9.17) is 0 Å². The topological polar surface area (TPSA) is 32.6 Å². The third-order valence-corrected chi connectivity index (χ3v) is 1.94. The van der Waals surface area contributed by atoms with Crippen molar-refractivity contribution in [2.24, 2.45) is 4.99 Å². The zero-order valence-electron chi connectivity index (χ0n) is 7.57. The van der Waals surface area contributed by atoms with E-state index in [1.165, 1.54) is 0 Å². The number of nitrogens with zero attached hydrogens (tertiary/aromatic N) is 1. The van der Waals surface area contributed by atoms with Gasteiger partial charge in [-0.25, -0.2) is 0 Å². The second kappa shape index (κ2) is 4.92. The summed E-state index contributed by atoms with van der Waals surface area (Å²) < 4.78 is 0. The van der Waals surface area contributed by atoms with Crippen LogP contribution in [0.4, 0.5) is 0 Å². The Kier molecular flexibility index (Phi) is 3.83. The number of rotatable bonds is 3. The number of hydrogen-bond acceptors (Lipinski definition) is 3. The number of aliphatic imine (C=N–C) groups is 1. The van der Waals surface area contributed by atoms with Gasteiger partial charge in [-0.3, -0.25) is 4.99 Å². The molecule has 2 nitrogen and oxygen atoms in total. The van der Waals surface area contributed by atoms with Gasteiger partial charge in [0.15, 0.2) is 0 Å². The van der Waals surface area contributed by atoms with Crippen molar-refractivity contribution in [2.75, 3.05) is 12.3 Å². The Bertz CT molecular complexity index is 310. The molecule has 0 fully saturated rings. The quantitative estimate of drug-likeness (QED) is 0.562. The number of hydrogen-bond donors (Lipinski definition) is 2. The fourth-order valence-corrected chi connectivity index (χ4v) is 1.18. The van der Waals surface area contributed by atoms with Crippen molar-refractivity contribution in [2.45, 2.75) is 6.92 Å². The molecule has 0 aromatic heterocycles. The van der Waals surface area contributed by atoms with Gasteiger partial charge in [-0.05, 0) is 19.1 Å². The van der Waals surface area contributed by atoms with E-state index in [0.29, 0.717) is 6.54 Å². The first-order valence-corrected chi connectivity index (χ1v) is 4.79. The molecule has 1 N–H and O–H groups in total. The lowest BCUT2D eigenvalue weighted by Crippen LogP contribution is -1.97. The van der Waals surface area contributed by atoms with Crippen LogP contribution in [0, 0.1) is 0 Å². The van der Waals surface area contributed by atoms with Crippen LogP contribution >= 0.6 is 12.6 Å². The minimum atomic E-state index is 0.280. The molecule has 1 aromatic rings. The highest BCUT2D eigenvalue weighted by atomic mass is 32.1. The van der Waals surface area contributed by atoms with Gasteiger partial charge in [0.05, 0.1) is 0 Å². The van der Waals surface area contributed by atoms with E-state index < -0.39 is 0 Å². The van der Waals surface area contributed by atoms with Gasteiger partial charge in [0.1, 0.15) is 5.75 Å². The van der Waals surface area contributed by atoms with E-state index in [-0.39, 0.29) is 5.75 Å². The minimum absolute atomic E-state index is 0.280. The molecule has 0 bridgehead atoms. The number of phenolic OH excluding ortho intramolecular Hbond substituents is 1. The molecule has 0 atom stereocenters. The predicted octanol–water partition coefficient (Wildman–Crippen LogP) is 2.13. The fourth-order valence-electron chi connectivity index (χ4n) is 1.08. The highest BCUT2D eigenvalue weighted by Gasteiger charge is 2.01. The van der Waals surface area contributed by atoms with Crippen molar-refractivity contribution in [1.82, 2.24) is 0 Å². The fraction of sp³-hybridized carbons (Fsp3) is 0.300. The summed E-state index contributed by atoms with van der Waals surface area (Å²) in [5.41, 5.74) is 1.65. The van der Waals surface area contributed by atoms with Crippen molar-refractivity contribution in [3.05, 3.63) is 29.8 Å². The predicted molar refractivity (Wildman–Crippen MR) is 59.0 cm³/mol. The minimum Gasteiger partial charge on any atom is -0.507 e. The molecular formula is C10H13NOS. The lowest BCUT2D eigenvalue weighted by atomic mass is 10.1. The Hall–Kier alpha value is -0.960. The molecule has 0 aliphatic heterocycles. The Morgan fingerprint density at radius 3 is 2.77 bits per heavy atom. The molecule has 0 heterocycles. The van der Waals surface area contributed by atoms with E-state index in [0.717, 1.165) is 17.0 Å². The molecule has 0 amide bonds. The summed E-state index contributed by atoms with van der Waals surface area (Å²) in [5.74, 6) is 1.01. The average molecular weight is 195 g/mol. The number of phenols is 1.